The number of methoxy groups -OCH3 is 1. The number of aliphatic hydroxyl groups excluding tert-OH is 1. The van der Waals surface area contributed by atoms with Crippen LogP contribution in [-0.4, -0.2) is 31.4 Å². The van der Waals surface area contributed by atoms with E-state index in [2.05, 4.69) is 0 Å². The molecular weight excluding hydrogens is 450 g/mol. The fourth-order valence-corrected chi connectivity index (χ4v) is 5.53. The third-order valence-electron chi connectivity index (χ3n) is 5.27. The van der Waals surface area contributed by atoms with Gasteiger partial charge in [-0.2, -0.15) is 0 Å². The fourth-order valence-electron chi connectivity index (χ4n) is 3.74. The Morgan fingerprint density at radius 1 is 1.00 bits per heavy atom. The molecule has 1 aliphatic heterocycles. The Bertz CT molecular complexity index is 1290. The van der Waals surface area contributed by atoms with Gasteiger partial charge < -0.3 is 14.7 Å². The van der Waals surface area contributed by atoms with Crippen molar-refractivity contribution in [2.75, 3.05) is 7.11 Å². The molecular formula is C24H20ClNO5S. The van der Waals surface area contributed by atoms with Crippen molar-refractivity contribution in [3.63, 3.8) is 0 Å². The minimum atomic E-state index is -4.16. The molecule has 0 bridgehead atoms. The van der Waals surface area contributed by atoms with E-state index in [1.54, 1.807) is 66.7 Å². The van der Waals surface area contributed by atoms with Crippen LogP contribution in [0.2, 0.25) is 5.02 Å². The molecule has 1 amide bonds. The first-order chi connectivity index (χ1) is 15.3. The lowest BCUT2D eigenvalue weighted by Gasteiger charge is -2.27. The second kappa shape index (κ2) is 8.68. The minimum absolute atomic E-state index is 0.00320. The SMILES string of the molecule is COc1cccc(CN2C(=O)C(O)=C(S(=O)(=O)c3ccccc3)C2c2ccc(Cl)cc2)c1. The monoisotopic (exact) mass is 469 g/mol. The third-order valence-corrected chi connectivity index (χ3v) is 7.41. The Kier molecular flexibility index (Phi) is 5.95. The Morgan fingerprint density at radius 2 is 1.69 bits per heavy atom. The highest BCUT2D eigenvalue weighted by atomic mass is 35.5. The van der Waals surface area contributed by atoms with Gasteiger partial charge in [-0.25, -0.2) is 8.42 Å². The molecule has 4 rings (SSSR count). The molecule has 0 radical (unpaired) electrons. The number of sulfone groups is 1. The summed E-state index contributed by atoms with van der Waals surface area (Å²) in [4.78, 5) is 14.1. The maximum absolute atomic E-state index is 13.5. The number of aliphatic hydroxyl groups is 1. The fraction of sp³-hybridized carbons (Fsp3) is 0.125. The molecule has 1 atom stereocenters. The molecule has 0 fully saturated rings. The average Bonchev–Trinajstić information content (AvgIpc) is 3.06. The van der Waals surface area contributed by atoms with Crippen molar-refractivity contribution in [1.29, 1.82) is 0 Å². The van der Waals surface area contributed by atoms with Crippen LogP contribution in [0.4, 0.5) is 0 Å². The Hall–Kier alpha value is -3.29. The van der Waals surface area contributed by atoms with Gasteiger partial charge in [0.1, 0.15) is 10.7 Å². The number of ether oxygens (including phenoxy) is 1. The molecule has 0 saturated heterocycles. The number of hydrogen-bond donors (Lipinski definition) is 1. The quantitative estimate of drug-likeness (QED) is 0.567. The predicted octanol–water partition coefficient (Wildman–Crippen LogP) is 4.68. The predicted molar refractivity (Wildman–Crippen MR) is 121 cm³/mol. The molecule has 0 saturated carbocycles. The van der Waals surface area contributed by atoms with Crippen molar-refractivity contribution in [3.05, 3.63) is 106 Å². The summed E-state index contributed by atoms with van der Waals surface area (Å²) in [5.74, 6) is -0.939. The molecule has 6 nitrogen and oxygen atoms in total. The lowest BCUT2D eigenvalue weighted by atomic mass is 10.1. The molecule has 164 valence electrons. The number of carbonyl (C=O) groups is 1. The van der Waals surface area contributed by atoms with Crippen LogP contribution in [0.1, 0.15) is 17.2 Å². The van der Waals surface area contributed by atoms with Crippen LogP contribution in [-0.2, 0) is 21.2 Å². The zero-order valence-corrected chi connectivity index (χ0v) is 18.7. The van der Waals surface area contributed by atoms with E-state index in [9.17, 15) is 18.3 Å². The lowest BCUT2D eigenvalue weighted by Crippen LogP contribution is -2.30. The van der Waals surface area contributed by atoms with Crippen LogP contribution in [0, 0.1) is 0 Å². The molecule has 1 aliphatic rings. The van der Waals surface area contributed by atoms with Gasteiger partial charge in [-0.15, -0.1) is 0 Å². The summed E-state index contributed by atoms with van der Waals surface area (Å²) < 4.78 is 32.2. The van der Waals surface area contributed by atoms with Crippen LogP contribution >= 0.6 is 11.6 Å². The number of rotatable bonds is 6. The first-order valence-electron chi connectivity index (χ1n) is 9.75. The Balaban J connectivity index is 1.84. The van der Waals surface area contributed by atoms with Gasteiger partial charge in [0.05, 0.1) is 18.0 Å². The van der Waals surface area contributed by atoms with Crippen molar-refractivity contribution >= 4 is 27.3 Å². The van der Waals surface area contributed by atoms with Gasteiger partial charge in [-0.05, 0) is 47.5 Å². The van der Waals surface area contributed by atoms with Crippen LogP contribution in [0.15, 0.2) is 94.4 Å². The van der Waals surface area contributed by atoms with Gasteiger partial charge >= 0.3 is 0 Å². The smallest absolute Gasteiger partial charge is 0.290 e. The molecule has 3 aromatic rings. The lowest BCUT2D eigenvalue weighted by molar-refractivity contribution is -0.130. The topological polar surface area (TPSA) is 83.9 Å². The number of carbonyl (C=O) groups excluding carboxylic acids is 1. The van der Waals surface area contributed by atoms with Crippen LogP contribution < -0.4 is 4.74 Å². The van der Waals surface area contributed by atoms with Crippen LogP contribution in [0.5, 0.6) is 5.75 Å². The number of nitrogens with zero attached hydrogens (tertiary/aromatic N) is 1. The van der Waals surface area contributed by atoms with Crippen molar-refractivity contribution in [1.82, 2.24) is 4.90 Å². The molecule has 3 aromatic carbocycles. The normalized spacial score (nSPS) is 16.5. The highest BCUT2D eigenvalue weighted by molar-refractivity contribution is 7.95. The van der Waals surface area contributed by atoms with Gasteiger partial charge in [-0.3, -0.25) is 4.79 Å². The minimum Gasteiger partial charge on any atom is -0.502 e. The van der Waals surface area contributed by atoms with Crippen molar-refractivity contribution < 1.29 is 23.1 Å². The molecule has 32 heavy (non-hydrogen) atoms. The van der Waals surface area contributed by atoms with Crippen LogP contribution in [0.3, 0.4) is 0 Å². The number of benzene rings is 3. The largest absolute Gasteiger partial charge is 0.502 e. The maximum Gasteiger partial charge on any atom is 0.290 e. The second-order valence-corrected chi connectivity index (χ2v) is 9.62. The van der Waals surface area contributed by atoms with Crippen molar-refractivity contribution in [2.24, 2.45) is 0 Å². The summed E-state index contributed by atoms with van der Waals surface area (Å²) in [5.41, 5.74) is 1.24. The number of halogens is 1. The molecule has 1 heterocycles. The standard InChI is InChI=1S/C24H20ClNO5S/c1-31-19-7-5-6-16(14-19)15-26-21(17-10-12-18(25)13-11-17)23(22(27)24(26)28)32(29,30)20-8-3-2-4-9-20/h2-14,21,27H,15H2,1H3. The van der Waals surface area contributed by atoms with Crippen molar-refractivity contribution in [2.45, 2.75) is 17.5 Å². The summed E-state index contributed by atoms with van der Waals surface area (Å²) in [7, 11) is -2.62. The summed E-state index contributed by atoms with van der Waals surface area (Å²) in [6.07, 6.45) is 0. The van der Waals surface area contributed by atoms with E-state index in [-0.39, 0.29) is 16.3 Å². The first kappa shape index (κ1) is 21.9. The highest BCUT2D eigenvalue weighted by Gasteiger charge is 2.46. The zero-order valence-electron chi connectivity index (χ0n) is 17.1. The molecule has 1 N–H and O–H groups in total. The average molecular weight is 470 g/mol. The number of hydrogen-bond acceptors (Lipinski definition) is 5. The van der Waals surface area contributed by atoms with E-state index < -0.39 is 27.5 Å². The van der Waals surface area contributed by atoms with Crippen LogP contribution in [0.25, 0.3) is 0 Å². The summed E-state index contributed by atoms with van der Waals surface area (Å²) in [6, 6.07) is 20.4. The summed E-state index contributed by atoms with van der Waals surface area (Å²) >= 11 is 6.02. The molecule has 8 heteroatoms. The Morgan fingerprint density at radius 3 is 2.34 bits per heavy atom. The molecule has 0 aromatic heterocycles. The summed E-state index contributed by atoms with van der Waals surface area (Å²) in [5, 5.41) is 11.2. The van der Waals surface area contributed by atoms with Gasteiger partial charge in [-0.1, -0.05) is 54.1 Å². The maximum atomic E-state index is 13.5. The Labute approximate surface area is 191 Å². The van der Waals surface area contributed by atoms with Crippen molar-refractivity contribution in [3.8, 4) is 5.75 Å². The molecule has 0 aliphatic carbocycles. The van der Waals surface area contributed by atoms with E-state index in [1.807, 2.05) is 0 Å². The second-order valence-electron chi connectivity index (χ2n) is 7.27. The van der Waals surface area contributed by atoms with E-state index in [0.717, 1.165) is 5.56 Å². The van der Waals surface area contributed by atoms with Gasteiger partial charge in [0, 0.05) is 11.6 Å². The van der Waals surface area contributed by atoms with Gasteiger partial charge in [0.2, 0.25) is 9.84 Å². The first-order valence-corrected chi connectivity index (χ1v) is 11.6. The number of amides is 1. The highest BCUT2D eigenvalue weighted by Crippen LogP contribution is 2.43. The van der Waals surface area contributed by atoms with E-state index in [0.29, 0.717) is 16.3 Å². The summed E-state index contributed by atoms with van der Waals surface area (Å²) in [6.45, 7) is 0.0706. The molecule has 0 spiro atoms. The molecule has 1 unspecified atom stereocenters. The zero-order chi connectivity index (χ0) is 22.9. The van der Waals surface area contributed by atoms with E-state index >= 15 is 0 Å². The van der Waals surface area contributed by atoms with Gasteiger partial charge in [0.25, 0.3) is 5.91 Å². The third kappa shape index (κ3) is 3.97. The van der Waals surface area contributed by atoms with E-state index in [1.165, 1.54) is 24.1 Å². The van der Waals surface area contributed by atoms with E-state index in [4.69, 9.17) is 16.3 Å². The van der Waals surface area contributed by atoms with Gasteiger partial charge in [0.15, 0.2) is 5.76 Å².